The van der Waals surface area contributed by atoms with Crippen LogP contribution in [-0.4, -0.2) is 40.6 Å². The highest BCUT2D eigenvalue weighted by molar-refractivity contribution is 6.29. The first-order chi connectivity index (χ1) is 8.60. The van der Waals surface area contributed by atoms with Crippen molar-refractivity contribution in [1.82, 2.24) is 14.9 Å². The standard InChI is InChI=1S/C13H16ClN3O/c1-4-12-15-11(14)8-13(16-12)18-9(2)10-6-5-7-17(10)3/h1,8-10H,5-7H2,2-3H3/t9?,10-/m0/s1. The van der Waals surface area contributed by atoms with Crippen LogP contribution in [0.5, 0.6) is 5.88 Å². The summed E-state index contributed by atoms with van der Waals surface area (Å²) >= 11 is 5.86. The van der Waals surface area contributed by atoms with E-state index in [9.17, 15) is 0 Å². The van der Waals surface area contributed by atoms with Crippen LogP contribution in [-0.2, 0) is 0 Å². The Balaban J connectivity index is 2.09. The Morgan fingerprint density at radius 1 is 1.61 bits per heavy atom. The predicted octanol–water partition coefficient (Wildman–Crippen LogP) is 1.97. The number of nitrogens with zero attached hydrogens (tertiary/aromatic N) is 3. The molecule has 1 saturated heterocycles. The van der Waals surface area contributed by atoms with Gasteiger partial charge < -0.3 is 4.74 Å². The largest absolute Gasteiger partial charge is 0.473 e. The van der Waals surface area contributed by atoms with Gasteiger partial charge in [0.05, 0.1) is 0 Å². The van der Waals surface area contributed by atoms with Crippen molar-refractivity contribution in [1.29, 1.82) is 0 Å². The first kappa shape index (κ1) is 13.1. The topological polar surface area (TPSA) is 38.2 Å². The SMILES string of the molecule is C#Cc1nc(Cl)cc(OC(C)[C@@H]2CCCN2C)n1. The van der Waals surface area contributed by atoms with Crippen LogP contribution in [0.3, 0.4) is 0 Å². The number of terminal acetylenes is 1. The van der Waals surface area contributed by atoms with Gasteiger partial charge in [0.1, 0.15) is 11.3 Å². The molecule has 0 amide bonds. The van der Waals surface area contributed by atoms with Crippen LogP contribution in [0.25, 0.3) is 0 Å². The first-order valence-corrected chi connectivity index (χ1v) is 6.36. The maximum atomic E-state index is 5.86. The van der Waals surface area contributed by atoms with E-state index in [1.807, 2.05) is 6.92 Å². The molecule has 1 aromatic rings. The molecule has 0 saturated carbocycles. The van der Waals surface area contributed by atoms with Gasteiger partial charge in [-0.05, 0) is 39.3 Å². The van der Waals surface area contributed by atoms with Crippen molar-refractivity contribution in [2.24, 2.45) is 0 Å². The van der Waals surface area contributed by atoms with Gasteiger partial charge >= 0.3 is 0 Å². The number of likely N-dealkylation sites (N-methyl/N-ethyl adjacent to an activating group) is 1. The summed E-state index contributed by atoms with van der Waals surface area (Å²) in [5.74, 6) is 3.06. The molecule has 1 aromatic heterocycles. The molecule has 4 nitrogen and oxygen atoms in total. The zero-order chi connectivity index (χ0) is 13.1. The molecule has 0 aliphatic carbocycles. The lowest BCUT2D eigenvalue weighted by Gasteiger charge is -2.26. The van der Waals surface area contributed by atoms with Crippen LogP contribution in [0.4, 0.5) is 0 Å². The van der Waals surface area contributed by atoms with Crippen molar-refractivity contribution >= 4 is 11.6 Å². The number of likely N-dealkylation sites (tertiary alicyclic amines) is 1. The summed E-state index contributed by atoms with van der Waals surface area (Å²) in [4.78, 5) is 10.3. The Hall–Kier alpha value is -1.31. The third kappa shape index (κ3) is 2.92. The van der Waals surface area contributed by atoms with E-state index in [1.54, 1.807) is 6.07 Å². The van der Waals surface area contributed by atoms with Crippen molar-refractivity contribution in [2.75, 3.05) is 13.6 Å². The maximum absolute atomic E-state index is 5.86. The Morgan fingerprint density at radius 2 is 2.39 bits per heavy atom. The summed E-state index contributed by atoms with van der Waals surface area (Å²) in [6.07, 6.45) is 7.66. The van der Waals surface area contributed by atoms with Gasteiger partial charge in [-0.25, -0.2) is 4.98 Å². The van der Waals surface area contributed by atoms with Gasteiger partial charge in [0.25, 0.3) is 0 Å². The van der Waals surface area contributed by atoms with Crippen molar-refractivity contribution in [3.63, 3.8) is 0 Å². The highest BCUT2D eigenvalue weighted by atomic mass is 35.5. The zero-order valence-corrected chi connectivity index (χ0v) is 11.3. The molecule has 0 N–H and O–H groups in total. The van der Waals surface area contributed by atoms with Crippen molar-refractivity contribution in [2.45, 2.75) is 31.9 Å². The van der Waals surface area contributed by atoms with E-state index in [4.69, 9.17) is 22.8 Å². The summed E-state index contributed by atoms with van der Waals surface area (Å²) in [6.45, 7) is 3.15. The molecule has 0 aromatic carbocycles. The first-order valence-electron chi connectivity index (χ1n) is 5.98. The summed E-state index contributed by atoms with van der Waals surface area (Å²) in [5, 5.41) is 0.305. The lowest BCUT2D eigenvalue weighted by molar-refractivity contribution is 0.116. The summed E-state index contributed by atoms with van der Waals surface area (Å²) in [7, 11) is 2.11. The van der Waals surface area contributed by atoms with E-state index in [1.165, 1.54) is 6.42 Å². The van der Waals surface area contributed by atoms with Crippen LogP contribution in [0.1, 0.15) is 25.6 Å². The van der Waals surface area contributed by atoms with Crippen LogP contribution in [0.2, 0.25) is 5.15 Å². The maximum Gasteiger partial charge on any atom is 0.219 e. The Labute approximate surface area is 112 Å². The molecule has 5 heteroatoms. The van der Waals surface area contributed by atoms with Crippen molar-refractivity contribution in [3.05, 3.63) is 17.0 Å². The molecular weight excluding hydrogens is 250 g/mol. The fourth-order valence-corrected chi connectivity index (χ4v) is 2.49. The van der Waals surface area contributed by atoms with Crippen LogP contribution in [0, 0.1) is 12.3 Å². The molecular formula is C13H16ClN3O. The average molecular weight is 266 g/mol. The lowest BCUT2D eigenvalue weighted by Crippen LogP contribution is -2.38. The van der Waals surface area contributed by atoms with Gasteiger partial charge in [0, 0.05) is 12.1 Å². The molecule has 1 unspecified atom stereocenters. The molecule has 1 fully saturated rings. The van der Waals surface area contributed by atoms with E-state index in [0.717, 1.165) is 13.0 Å². The number of ether oxygens (including phenoxy) is 1. The molecule has 2 rings (SSSR count). The highest BCUT2D eigenvalue weighted by Gasteiger charge is 2.28. The van der Waals surface area contributed by atoms with Gasteiger partial charge in [0.15, 0.2) is 0 Å². The van der Waals surface area contributed by atoms with Gasteiger partial charge in [0.2, 0.25) is 11.7 Å². The Morgan fingerprint density at radius 3 is 3.00 bits per heavy atom. The average Bonchev–Trinajstić information content (AvgIpc) is 2.74. The molecule has 0 radical (unpaired) electrons. The third-order valence-electron chi connectivity index (χ3n) is 3.23. The van der Waals surface area contributed by atoms with E-state index in [0.29, 0.717) is 17.1 Å². The second kappa shape index (κ2) is 5.55. The van der Waals surface area contributed by atoms with E-state index >= 15 is 0 Å². The van der Waals surface area contributed by atoms with Crippen LogP contribution < -0.4 is 4.74 Å². The summed E-state index contributed by atoms with van der Waals surface area (Å²) in [6, 6.07) is 2.00. The molecule has 1 aliphatic rings. The fourth-order valence-electron chi connectivity index (χ4n) is 2.32. The molecule has 1 aliphatic heterocycles. The van der Waals surface area contributed by atoms with Gasteiger partial charge in [-0.15, -0.1) is 6.42 Å². The van der Waals surface area contributed by atoms with E-state index in [-0.39, 0.29) is 11.9 Å². The molecule has 96 valence electrons. The molecule has 2 heterocycles. The van der Waals surface area contributed by atoms with E-state index < -0.39 is 0 Å². The Bertz CT molecular complexity index is 472. The minimum atomic E-state index is 0.0501. The monoisotopic (exact) mass is 265 g/mol. The van der Waals surface area contributed by atoms with Crippen LogP contribution in [0.15, 0.2) is 6.07 Å². The number of hydrogen-bond donors (Lipinski definition) is 0. The second-order valence-electron chi connectivity index (χ2n) is 4.51. The summed E-state index contributed by atoms with van der Waals surface area (Å²) in [5.41, 5.74) is 0. The van der Waals surface area contributed by atoms with Gasteiger partial charge in [-0.1, -0.05) is 11.6 Å². The smallest absolute Gasteiger partial charge is 0.219 e. The second-order valence-corrected chi connectivity index (χ2v) is 4.90. The fraction of sp³-hybridized carbons (Fsp3) is 0.538. The molecule has 0 bridgehead atoms. The van der Waals surface area contributed by atoms with Gasteiger partial charge in [-0.2, -0.15) is 4.98 Å². The Kier molecular flexibility index (Phi) is 4.05. The zero-order valence-electron chi connectivity index (χ0n) is 10.6. The molecule has 2 atom stereocenters. The van der Waals surface area contributed by atoms with Crippen molar-refractivity contribution < 1.29 is 4.74 Å². The van der Waals surface area contributed by atoms with Gasteiger partial charge in [-0.3, -0.25) is 4.90 Å². The van der Waals surface area contributed by atoms with E-state index in [2.05, 4.69) is 27.8 Å². The number of halogens is 1. The minimum Gasteiger partial charge on any atom is -0.473 e. The number of aromatic nitrogens is 2. The number of rotatable bonds is 3. The summed E-state index contributed by atoms with van der Waals surface area (Å²) < 4.78 is 5.82. The van der Waals surface area contributed by atoms with Crippen molar-refractivity contribution in [3.8, 4) is 18.2 Å². The minimum absolute atomic E-state index is 0.0501. The van der Waals surface area contributed by atoms with Crippen LogP contribution >= 0.6 is 11.6 Å². The third-order valence-corrected chi connectivity index (χ3v) is 3.42. The molecule has 18 heavy (non-hydrogen) atoms. The highest BCUT2D eigenvalue weighted by Crippen LogP contribution is 2.22. The molecule has 0 spiro atoms. The lowest BCUT2D eigenvalue weighted by atomic mass is 10.1. The quantitative estimate of drug-likeness (QED) is 0.619. The predicted molar refractivity (Wildman–Crippen MR) is 70.7 cm³/mol. The number of hydrogen-bond acceptors (Lipinski definition) is 4. The normalized spacial score (nSPS) is 21.6.